The van der Waals surface area contributed by atoms with Gasteiger partial charge in [-0.15, -0.1) is 0 Å². The summed E-state index contributed by atoms with van der Waals surface area (Å²) in [7, 11) is 1.91. The molecule has 0 aliphatic carbocycles. The van der Waals surface area contributed by atoms with Crippen LogP contribution in [0.2, 0.25) is 0 Å². The van der Waals surface area contributed by atoms with Crippen molar-refractivity contribution in [3.63, 3.8) is 0 Å². The van der Waals surface area contributed by atoms with Crippen molar-refractivity contribution in [2.75, 3.05) is 30.0 Å². The van der Waals surface area contributed by atoms with Crippen molar-refractivity contribution in [2.45, 2.75) is 90.1 Å². The highest BCUT2D eigenvalue weighted by molar-refractivity contribution is 6.07. The van der Waals surface area contributed by atoms with Crippen LogP contribution < -0.4 is 16.0 Å². The number of carboxylic acid groups (broad SMARTS) is 6. The zero-order valence-electron chi connectivity index (χ0n) is 39.9. The number of esters is 1. The predicted molar refractivity (Wildman–Crippen MR) is 256 cm³/mol. The first-order chi connectivity index (χ1) is 34.4. The van der Waals surface area contributed by atoms with E-state index in [1.807, 2.05) is 29.8 Å². The Morgan fingerprint density at radius 1 is 0.726 bits per heavy atom. The fourth-order valence-corrected chi connectivity index (χ4v) is 5.55. The summed E-state index contributed by atoms with van der Waals surface area (Å²) < 4.78 is 12.1. The van der Waals surface area contributed by atoms with Gasteiger partial charge in [0.1, 0.15) is 17.5 Å². The van der Waals surface area contributed by atoms with E-state index in [1.54, 1.807) is 55.6 Å². The molecule has 0 spiro atoms. The summed E-state index contributed by atoms with van der Waals surface area (Å²) in [6.45, 7) is 5.02. The van der Waals surface area contributed by atoms with Crippen LogP contribution in [0.4, 0.5) is 16.3 Å². The van der Waals surface area contributed by atoms with Gasteiger partial charge >= 0.3 is 47.9 Å². The van der Waals surface area contributed by atoms with Gasteiger partial charge in [0.2, 0.25) is 0 Å². The number of amides is 2. The van der Waals surface area contributed by atoms with Crippen molar-refractivity contribution >= 4 is 82.2 Å². The number of hydrogen-bond acceptors (Lipinski definition) is 17. The Labute approximate surface area is 416 Å². The lowest BCUT2D eigenvalue weighted by atomic mass is 10.1. The fraction of sp³-hybridized carbons (Fsp3) is 0.391. The maximum absolute atomic E-state index is 13.6. The second-order valence-corrected chi connectivity index (χ2v) is 14.9. The van der Waals surface area contributed by atoms with Crippen LogP contribution in [-0.4, -0.2) is 158 Å². The molecule has 0 saturated carbocycles. The third kappa shape index (κ3) is 24.7. The Hall–Kier alpha value is -8.56. The SMILES string of the molecule is CCCCCCOC(=O)/N=C(/N)c1ccc(NCc2nc3cc(C(=O)N(CCC(=O)OCC)c4ccccn4)ccc3n2C)cc1.O=C(O)CC(O)C(=O)O.O=C(O)CC(O)C(=O)O.O=C(O)CC(O)C(=O)O. The van der Waals surface area contributed by atoms with E-state index in [0.29, 0.717) is 35.6 Å². The Morgan fingerprint density at radius 3 is 1.74 bits per heavy atom. The molecule has 27 nitrogen and oxygen atoms in total. The third-order valence-corrected chi connectivity index (χ3v) is 9.26. The standard InChI is InChI=1S/C34H41N7O5.3C4H6O5/c1-4-6-7-10-21-46-34(44)39-32(35)24-12-15-26(16-13-24)37-23-30-38-27-22-25(14-17-28(27)40(30)3)33(43)41(20-18-31(42)45-5-2)29-11-8-9-19-36-29;3*5-2(4(8)9)1-3(6)7/h8-9,11-17,19,22,37H,4-7,10,18,20-21,23H2,1-3H3,(H2,35,39,44);3*2,5H,1H2,(H,6,7)(H,8,9). The quantitative estimate of drug-likeness (QED) is 0.0208. The van der Waals surface area contributed by atoms with E-state index in [0.717, 1.165) is 42.7 Å². The minimum Gasteiger partial charge on any atom is -0.481 e. The fourth-order valence-electron chi connectivity index (χ4n) is 5.55. The van der Waals surface area contributed by atoms with Crippen LogP contribution in [-0.2, 0) is 56.6 Å². The van der Waals surface area contributed by atoms with Gasteiger partial charge in [-0.05, 0) is 67.9 Å². The first kappa shape index (κ1) is 62.5. The molecule has 2 aromatic heterocycles. The van der Waals surface area contributed by atoms with Crippen LogP contribution >= 0.6 is 0 Å². The van der Waals surface area contributed by atoms with Crippen molar-refractivity contribution in [1.29, 1.82) is 0 Å². The Kier molecular flexibility index (Phi) is 28.3. The normalized spacial score (nSPS) is 11.8. The van der Waals surface area contributed by atoms with Gasteiger partial charge in [0, 0.05) is 36.6 Å². The number of imidazole rings is 1. The monoisotopic (exact) mass is 1030 g/mol. The van der Waals surface area contributed by atoms with Gasteiger partial charge in [-0.25, -0.2) is 29.1 Å². The Balaban J connectivity index is 0.000000799. The molecule has 0 fully saturated rings. The number of ether oxygens (including phenoxy) is 2. The molecule has 0 bridgehead atoms. The summed E-state index contributed by atoms with van der Waals surface area (Å²) in [5.74, 6) is -7.92. The number of aryl methyl sites for hydroxylation is 1. The van der Waals surface area contributed by atoms with Gasteiger partial charge < -0.3 is 71.1 Å². The average Bonchev–Trinajstić information content (AvgIpc) is 3.65. The van der Waals surface area contributed by atoms with Gasteiger partial charge in [0.25, 0.3) is 5.91 Å². The third-order valence-electron chi connectivity index (χ3n) is 9.26. The van der Waals surface area contributed by atoms with Crippen molar-refractivity contribution in [1.82, 2.24) is 14.5 Å². The molecule has 0 aliphatic heterocycles. The number of rotatable bonds is 24. The number of fused-ring (bicyclic) bond motifs is 1. The van der Waals surface area contributed by atoms with Gasteiger partial charge in [-0.1, -0.05) is 32.3 Å². The van der Waals surface area contributed by atoms with Gasteiger partial charge in [0.05, 0.1) is 56.5 Å². The number of aromatic nitrogens is 3. The number of aliphatic imine (C=N–C) groups is 1. The summed E-state index contributed by atoms with van der Waals surface area (Å²) in [5.41, 5.74) is 9.40. The number of nitrogens with zero attached hydrogens (tertiary/aromatic N) is 5. The maximum atomic E-state index is 13.6. The number of anilines is 2. The van der Waals surface area contributed by atoms with E-state index in [2.05, 4.69) is 22.2 Å². The number of aliphatic hydroxyl groups is 3. The van der Waals surface area contributed by atoms with E-state index < -0.39 is 79.5 Å². The van der Waals surface area contributed by atoms with Crippen LogP contribution in [0.25, 0.3) is 11.0 Å². The summed E-state index contributed by atoms with van der Waals surface area (Å²) in [6.07, 6.45) is -2.64. The van der Waals surface area contributed by atoms with Crippen LogP contribution in [0.3, 0.4) is 0 Å². The second-order valence-electron chi connectivity index (χ2n) is 14.9. The van der Waals surface area contributed by atoms with Crippen molar-refractivity contribution < 1.29 is 98.6 Å². The highest BCUT2D eigenvalue weighted by Gasteiger charge is 2.22. The highest BCUT2D eigenvalue weighted by Crippen LogP contribution is 2.22. The average molecular weight is 1030 g/mol. The molecule has 27 heteroatoms. The molecule has 73 heavy (non-hydrogen) atoms. The summed E-state index contributed by atoms with van der Waals surface area (Å²) in [4.78, 5) is 110. The minimum atomic E-state index is -1.79. The highest BCUT2D eigenvalue weighted by atomic mass is 16.5. The van der Waals surface area contributed by atoms with E-state index in [4.69, 9.17) is 66.2 Å². The number of pyridine rings is 1. The lowest BCUT2D eigenvalue weighted by Gasteiger charge is -2.21. The molecule has 12 N–H and O–H groups in total. The number of unbranched alkanes of at least 4 members (excludes halogenated alkanes) is 3. The van der Waals surface area contributed by atoms with Crippen LogP contribution in [0, 0.1) is 0 Å². The van der Waals surface area contributed by atoms with Crippen LogP contribution in [0.1, 0.15) is 87.0 Å². The number of carbonyl (C=O) groups is 9. The molecule has 0 saturated heterocycles. The lowest BCUT2D eigenvalue weighted by molar-refractivity contribution is -0.153. The summed E-state index contributed by atoms with van der Waals surface area (Å²) in [5, 5.41) is 75.8. The molecule has 2 amide bonds. The number of hydrogen-bond donors (Lipinski definition) is 11. The molecule has 0 aliphatic rings. The largest absolute Gasteiger partial charge is 0.481 e. The predicted octanol–water partition coefficient (Wildman–Crippen LogP) is 2.32. The Bertz CT molecular complexity index is 2420. The molecule has 2 aromatic carbocycles. The summed E-state index contributed by atoms with van der Waals surface area (Å²) >= 11 is 0. The topological polar surface area (TPSA) is 439 Å². The van der Waals surface area contributed by atoms with E-state index in [9.17, 15) is 43.2 Å². The first-order valence-corrected chi connectivity index (χ1v) is 22.0. The van der Waals surface area contributed by atoms with Crippen molar-refractivity contribution in [2.24, 2.45) is 17.8 Å². The molecule has 4 aromatic rings. The molecular weight excluding hydrogens is 971 g/mol. The number of aliphatic carboxylic acids is 6. The molecule has 3 atom stereocenters. The van der Waals surface area contributed by atoms with Crippen molar-refractivity contribution in [3.8, 4) is 0 Å². The number of carbonyl (C=O) groups excluding carboxylic acids is 3. The minimum absolute atomic E-state index is 0.0455. The molecule has 2 heterocycles. The Morgan fingerprint density at radius 2 is 1.27 bits per heavy atom. The molecule has 0 radical (unpaired) electrons. The molecule has 4 rings (SSSR count). The number of carboxylic acids is 6. The smallest absolute Gasteiger partial charge is 0.435 e. The number of benzene rings is 2. The van der Waals surface area contributed by atoms with Crippen LogP contribution in [0.15, 0.2) is 71.9 Å². The van der Waals surface area contributed by atoms with Gasteiger partial charge in [-0.2, -0.15) is 4.99 Å². The van der Waals surface area contributed by atoms with E-state index >= 15 is 0 Å². The number of nitrogens with two attached hydrogens (primary N) is 1. The van der Waals surface area contributed by atoms with Crippen molar-refractivity contribution in [3.05, 3.63) is 83.8 Å². The van der Waals surface area contributed by atoms with Crippen LogP contribution in [0.5, 0.6) is 0 Å². The van der Waals surface area contributed by atoms with Gasteiger partial charge in [0.15, 0.2) is 18.3 Å². The first-order valence-electron chi connectivity index (χ1n) is 22.0. The number of amidine groups is 1. The lowest BCUT2D eigenvalue weighted by Crippen LogP contribution is -2.34. The number of aliphatic hydroxyl groups excluding tert-OH is 3. The van der Waals surface area contributed by atoms with Gasteiger partial charge in [-0.3, -0.25) is 28.9 Å². The maximum Gasteiger partial charge on any atom is 0.435 e. The molecule has 3 unspecified atom stereocenters. The second kappa shape index (κ2) is 33.1. The van der Waals surface area contributed by atoms with E-state index in [-0.39, 0.29) is 37.3 Å². The van der Waals surface area contributed by atoms with E-state index in [1.165, 1.54) is 4.90 Å². The number of nitrogens with one attached hydrogen (secondary N) is 1. The molecular formula is C46H59N7O20. The zero-order chi connectivity index (χ0) is 55.2. The zero-order valence-corrected chi connectivity index (χ0v) is 39.9. The summed E-state index contributed by atoms with van der Waals surface area (Å²) in [6, 6.07) is 17.9. The molecule has 398 valence electrons.